The fourth-order valence-electron chi connectivity index (χ4n) is 1.45. The van der Waals surface area contributed by atoms with Crippen molar-refractivity contribution in [3.8, 4) is 0 Å². The Morgan fingerprint density at radius 1 is 1.53 bits per heavy atom. The van der Waals surface area contributed by atoms with Crippen molar-refractivity contribution in [2.75, 3.05) is 18.1 Å². The average molecular weight is 230 g/mol. The summed E-state index contributed by atoms with van der Waals surface area (Å²) in [5.41, 5.74) is 0. The van der Waals surface area contributed by atoms with Gasteiger partial charge in [0.2, 0.25) is 5.91 Å². The summed E-state index contributed by atoms with van der Waals surface area (Å²) in [6, 6.07) is 0.636. The SMILES string of the molecule is CC(C)C(C)NC(=O)CC1CSCCN1. The van der Waals surface area contributed by atoms with Gasteiger partial charge in [0.1, 0.15) is 0 Å². The number of carbonyl (C=O) groups is 1. The largest absolute Gasteiger partial charge is 0.353 e. The van der Waals surface area contributed by atoms with Gasteiger partial charge in [-0.1, -0.05) is 13.8 Å². The van der Waals surface area contributed by atoms with Crippen molar-refractivity contribution in [1.82, 2.24) is 10.6 Å². The summed E-state index contributed by atoms with van der Waals surface area (Å²) < 4.78 is 0. The van der Waals surface area contributed by atoms with Gasteiger partial charge in [0.15, 0.2) is 0 Å². The highest BCUT2D eigenvalue weighted by Crippen LogP contribution is 2.10. The van der Waals surface area contributed by atoms with Crippen LogP contribution in [0.3, 0.4) is 0 Å². The molecule has 0 spiro atoms. The zero-order valence-corrected chi connectivity index (χ0v) is 10.7. The predicted octanol–water partition coefficient (Wildman–Crippen LogP) is 1.24. The van der Waals surface area contributed by atoms with E-state index in [2.05, 4.69) is 31.4 Å². The molecule has 2 unspecified atom stereocenters. The monoisotopic (exact) mass is 230 g/mol. The Hall–Kier alpha value is -0.220. The quantitative estimate of drug-likeness (QED) is 0.763. The van der Waals surface area contributed by atoms with Crippen LogP contribution in [0.25, 0.3) is 0 Å². The van der Waals surface area contributed by atoms with Crippen molar-refractivity contribution < 1.29 is 4.79 Å². The third-order valence-corrected chi connectivity index (χ3v) is 3.95. The number of hydrogen-bond acceptors (Lipinski definition) is 3. The normalized spacial score (nSPS) is 23.9. The highest BCUT2D eigenvalue weighted by Gasteiger charge is 2.18. The van der Waals surface area contributed by atoms with Gasteiger partial charge in [0.05, 0.1) is 0 Å². The van der Waals surface area contributed by atoms with Crippen LogP contribution in [0.2, 0.25) is 0 Å². The minimum absolute atomic E-state index is 0.177. The predicted molar refractivity (Wildman–Crippen MR) is 66.2 cm³/mol. The van der Waals surface area contributed by atoms with E-state index in [-0.39, 0.29) is 11.9 Å². The van der Waals surface area contributed by atoms with Crippen molar-refractivity contribution >= 4 is 17.7 Å². The van der Waals surface area contributed by atoms with Crippen LogP contribution < -0.4 is 10.6 Å². The van der Waals surface area contributed by atoms with Gasteiger partial charge >= 0.3 is 0 Å². The maximum Gasteiger partial charge on any atom is 0.221 e. The van der Waals surface area contributed by atoms with Crippen molar-refractivity contribution in [1.29, 1.82) is 0 Å². The Kier molecular flexibility index (Phi) is 5.47. The minimum Gasteiger partial charge on any atom is -0.353 e. The van der Waals surface area contributed by atoms with E-state index in [0.29, 0.717) is 18.4 Å². The van der Waals surface area contributed by atoms with Crippen LogP contribution >= 0.6 is 11.8 Å². The molecule has 1 amide bonds. The fourth-order valence-corrected chi connectivity index (χ4v) is 2.40. The molecule has 1 fully saturated rings. The van der Waals surface area contributed by atoms with E-state index in [1.54, 1.807) is 0 Å². The Morgan fingerprint density at radius 2 is 2.27 bits per heavy atom. The molecule has 15 heavy (non-hydrogen) atoms. The molecule has 0 aromatic carbocycles. The summed E-state index contributed by atoms with van der Waals surface area (Å²) in [6.45, 7) is 7.34. The molecule has 0 saturated carbocycles. The zero-order chi connectivity index (χ0) is 11.3. The molecule has 1 aliphatic rings. The molecule has 0 aliphatic carbocycles. The van der Waals surface area contributed by atoms with Crippen LogP contribution in [0.1, 0.15) is 27.2 Å². The first-order valence-corrected chi connectivity index (χ1v) is 6.85. The topological polar surface area (TPSA) is 41.1 Å². The Morgan fingerprint density at radius 3 is 2.80 bits per heavy atom. The van der Waals surface area contributed by atoms with Crippen molar-refractivity contribution in [2.24, 2.45) is 5.92 Å². The average Bonchev–Trinajstić information content (AvgIpc) is 2.18. The summed E-state index contributed by atoms with van der Waals surface area (Å²) in [5.74, 6) is 2.91. The molecule has 0 radical (unpaired) electrons. The lowest BCUT2D eigenvalue weighted by Crippen LogP contribution is -2.44. The van der Waals surface area contributed by atoms with E-state index >= 15 is 0 Å². The molecule has 1 aliphatic heterocycles. The molecule has 0 aromatic heterocycles. The number of thioether (sulfide) groups is 1. The van der Waals surface area contributed by atoms with Crippen LogP contribution in [0.4, 0.5) is 0 Å². The second kappa shape index (κ2) is 6.38. The smallest absolute Gasteiger partial charge is 0.221 e. The first-order valence-electron chi connectivity index (χ1n) is 5.70. The molecular formula is C11H22N2OS. The zero-order valence-electron chi connectivity index (χ0n) is 9.88. The van der Waals surface area contributed by atoms with Gasteiger partial charge in [-0.3, -0.25) is 4.79 Å². The Bertz CT molecular complexity index is 203. The lowest BCUT2D eigenvalue weighted by Gasteiger charge is -2.24. The molecule has 0 bridgehead atoms. The molecule has 1 rings (SSSR count). The van der Waals surface area contributed by atoms with Crippen molar-refractivity contribution in [2.45, 2.75) is 39.3 Å². The standard InChI is InChI=1S/C11H22N2OS/c1-8(2)9(3)13-11(14)6-10-7-15-5-4-12-10/h8-10,12H,4-7H2,1-3H3,(H,13,14). The molecule has 0 aromatic rings. The molecule has 1 saturated heterocycles. The summed E-state index contributed by atoms with van der Waals surface area (Å²) in [4.78, 5) is 11.7. The van der Waals surface area contributed by atoms with Gasteiger partial charge in [-0.2, -0.15) is 11.8 Å². The molecule has 88 valence electrons. The van der Waals surface area contributed by atoms with Gasteiger partial charge in [-0.15, -0.1) is 0 Å². The molecule has 2 atom stereocenters. The highest BCUT2D eigenvalue weighted by molar-refractivity contribution is 7.99. The van der Waals surface area contributed by atoms with Gasteiger partial charge in [-0.05, 0) is 12.8 Å². The van der Waals surface area contributed by atoms with Crippen LogP contribution in [0.5, 0.6) is 0 Å². The van der Waals surface area contributed by atoms with E-state index in [1.165, 1.54) is 5.75 Å². The molecule has 3 nitrogen and oxygen atoms in total. The lowest BCUT2D eigenvalue weighted by molar-refractivity contribution is -0.122. The second-order valence-electron chi connectivity index (χ2n) is 4.53. The Labute approximate surface area is 96.8 Å². The van der Waals surface area contributed by atoms with Gasteiger partial charge < -0.3 is 10.6 Å². The van der Waals surface area contributed by atoms with E-state index in [0.717, 1.165) is 12.3 Å². The highest BCUT2D eigenvalue weighted by atomic mass is 32.2. The van der Waals surface area contributed by atoms with Gasteiger partial charge in [-0.25, -0.2) is 0 Å². The maximum atomic E-state index is 11.7. The number of amides is 1. The minimum atomic E-state index is 0.177. The van der Waals surface area contributed by atoms with E-state index in [9.17, 15) is 4.79 Å². The van der Waals surface area contributed by atoms with Gasteiger partial charge in [0.25, 0.3) is 0 Å². The number of carbonyl (C=O) groups excluding carboxylic acids is 1. The third-order valence-electron chi connectivity index (χ3n) is 2.82. The molecule has 2 N–H and O–H groups in total. The van der Waals surface area contributed by atoms with Crippen LogP contribution in [0.15, 0.2) is 0 Å². The second-order valence-corrected chi connectivity index (χ2v) is 5.68. The Balaban J connectivity index is 2.22. The van der Waals surface area contributed by atoms with Crippen LogP contribution in [-0.4, -0.2) is 36.0 Å². The van der Waals surface area contributed by atoms with Crippen LogP contribution in [0, 0.1) is 5.92 Å². The summed E-state index contributed by atoms with van der Waals surface area (Å²) in [7, 11) is 0. The molecule has 1 heterocycles. The summed E-state index contributed by atoms with van der Waals surface area (Å²) >= 11 is 1.93. The van der Waals surface area contributed by atoms with E-state index in [4.69, 9.17) is 0 Å². The molecular weight excluding hydrogens is 208 g/mol. The number of nitrogens with one attached hydrogen (secondary N) is 2. The van der Waals surface area contributed by atoms with Crippen molar-refractivity contribution in [3.63, 3.8) is 0 Å². The maximum absolute atomic E-state index is 11.7. The summed E-state index contributed by atoms with van der Waals surface area (Å²) in [5, 5.41) is 6.41. The third kappa shape index (κ3) is 4.89. The van der Waals surface area contributed by atoms with Crippen molar-refractivity contribution in [3.05, 3.63) is 0 Å². The fraction of sp³-hybridized carbons (Fsp3) is 0.909. The first-order chi connectivity index (χ1) is 7.09. The van der Waals surface area contributed by atoms with E-state index in [1.807, 2.05) is 11.8 Å². The first kappa shape index (κ1) is 12.8. The van der Waals surface area contributed by atoms with E-state index < -0.39 is 0 Å². The van der Waals surface area contributed by atoms with Gasteiger partial charge in [0, 0.05) is 36.6 Å². The molecule has 4 heteroatoms. The number of hydrogen-bond donors (Lipinski definition) is 2. The summed E-state index contributed by atoms with van der Waals surface area (Å²) in [6.07, 6.45) is 0.615. The van der Waals surface area contributed by atoms with Crippen LogP contribution in [-0.2, 0) is 4.79 Å². The number of rotatable bonds is 4. The lowest BCUT2D eigenvalue weighted by atomic mass is 10.1.